The lowest BCUT2D eigenvalue weighted by Crippen LogP contribution is -2.19. The van der Waals surface area contributed by atoms with Gasteiger partial charge in [-0.15, -0.1) is 0 Å². The zero-order valence-electron chi connectivity index (χ0n) is 9.60. The lowest BCUT2D eigenvalue weighted by molar-refractivity contribution is 0.625. The number of hydrogen-bond donors (Lipinski definition) is 1. The van der Waals surface area contributed by atoms with Gasteiger partial charge in [0.1, 0.15) is 0 Å². The van der Waals surface area contributed by atoms with Crippen LogP contribution in [0.2, 0.25) is 5.02 Å². The van der Waals surface area contributed by atoms with Gasteiger partial charge in [-0.3, -0.25) is 4.68 Å². The van der Waals surface area contributed by atoms with Crippen molar-refractivity contribution in [1.82, 2.24) is 15.1 Å². The minimum Gasteiger partial charge on any atom is -0.313 e. The zero-order chi connectivity index (χ0) is 11.4. The molecule has 1 aromatic rings. The standard InChI is InChI=1S/C11H18ClN3/c1-5-13-6-8(2)7-15-10(4)11(12)9(3)14-15/h13H,2,5-7H2,1,3-4H3. The van der Waals surface area contributed by atoms with Crippen molar-refractivity contribution in [3.8, 4) is 0 Å². The van der Waals surface area contributed by atoms with Crippen molar-refractivity contribution < 1.29 is 0 Å². The quantitative estimate of drug-likeness (QED) is 0.783. The molecule has 0 aliphatic rings. The van der Waals surface area contributed by atoms with Crippen LogP contribution >= 0.6 is 11.6 Å². The van der Waals surface area contributed by atoms with Crippen LogP contribution in [0.3, 0.4) is 0 Å². The van der Waals surface area contributed by atoms with Gasteiger partial charge in [-0.1, -0.05) is 25.1 Å². The van der Waals surface area contributed by atoms with E-state index in [2.05, 4.69) is 23.9 Å². The number of aryl methyl sites for hydroxylation is 1. The molecule has 15 heavy (non-hydrogen) atoms. The minimum absolute atomic E-state index is 0.729. The summed E-state index contributed by atoms with van der Waals surface area (Å²) < 4.78 is 1.90. The lowest BCUT2D eigenvalue weighted by atomic mass is 10.3. The maximum absolute atomic E-state index is 6.06. The van der Waals surface area contributed by atoms with Gasteiger partial charge < -0.3 is 5.32 Å². The van der Waals surface area contributed by atoms with E-state index in [4.69, 9.17) is 11.6 Å². The Bertz CT molecular complexity index is 355. The summed E-state index contributed by atoms with van der Waals surface area (Å²) in [7, 11) is 0. The first-order valence-electron chi connectivity index (χ1n) is 5.13. The van der Waals surface area contributed by atoms with Crippen molar-refractivity contribution >= 4 is 11.6 Å². The molecule has 0 amide bonds. The molecule has 0 aromatic carbocycles. The largest absolute Gasteiger partial charge is 0.313 e. The molecule has 0 radical (unpaired) electrons. The SMILES string of the molecule is C=C(CNCC)Cn1nc(C)c(Cl)c1C. The van der Waals surface area contributed by atoms with Crippen molar-refractivity contribution in [2.45, 2.75) is 27.3 Å². The highest BCUT2D eigenvalue weighted by atomic mass is 35.5. The Balaban J connectivity index is 2.64. The second kappa shape index (κ2) is 5.33. The summed E-state index contributed by atoms with van der Waals surface area (Å²) in [6.07, 6.45) is 0. The Morgan fingerprint density at radius 2 is 2.20 bits per heavy atom. The minimum atomic E-state index is 0.729. The number of nitrogens with one attached hydrogen (secondary N) is 1. The van der Waals surface area contributed by atoms with E-state index in [1.54, 1.807) is 0 Å². The monoisotopic (exact) mass is 227 g/mol. The van der Waals surface area contributed by atoms with E-state index in [-0.39, 0.29) is 0 Å². The number of likely N-dealkylation sites (N-methyl/N-ethyl adjacent to an activating group) is 1. The van der Waals surface area contributed by atoms with Crippen molar-refractivity contribution in [1.29, 1.82) is 0 Å². The van der Waals surface area contributed by atoms with Crippen molar-refractivity contribution in [3.63, 3.8) is 0 Å². The Morgan fingerprint density at radius 1 is 1.53 bits per heavy atom. The molecule has 0 spiro atoms. The fraction of sp³-hybridized carbons (Fsp3) is 0.545. The topological polar surface area (TPSA) is 29.9 Å². The summed E-state index contributed by atoms with van der Waals surface area (Å²) >= 11 is 6.06. The molecule has 0 unspecified atom stereocenters. The number of hydrogen-bond acceptors (Lipinski definition) is 2. The van der Waals surface area contributed by atoms with Crippen LogP contribution in [0.15, 0.2) is 12.2 Å². The fourth-order valence-corrected chi connectivity index (χ4v) is 1.53. The van der Waals surface area contributed by atoms with Crippen molar-refractivity contribution in [2.24, 2.45) is 0 Å². The van der Waals surface area contributed by atoms with Crippen LogP contribution < -0.4 is 5.32 Å². The Kier molecular flexibility index (Phi) is 4.36. The Labute approximate surface area is 96.1 Å². The summed E-state index contributed by atoms with van der Waals surface area (Å²) in [5, 5.41) is 8.35. The molecule has 1 heterocycles. The third-order valence-electron chi connectivity index (χ3n) is 2.29. The summed E-state index contributed by atoms with van der Waals surface area (Å²) in [6.45, 7) is 12.5. The molecule has 0 aliphatic carbocycles. The van der Waals surface area contributed by atoms with E-state index in [0.29, 0.717) is 0 Å². The van der Waals surface area contributed by atoms with Gasteiger partial charge in [-0.25, -0.2) is 0 Å². The molecule has 1 N–H and O–H groups in total. The van der Waals surface area contributed by atoms with Gasteiger partial charge in [0.05, 0.1) is 23.0 Å². The first-order valence-corrected chi connectivity index (χ1v) is 5.51. The smallest absolute Gasteiger partial charge is 0.0844 e. The van der Waals surface area contributed by atoms with E-state index < -0.39 is 0 Å². The first-order chi connectivity index (χ1) is 7.06. The molecule has 0 saturated heterocycles. The van der Waals surface area contributed by atoms with Gasteiger partial charge in [0, 0.05) is 6.54 Å². The number of halogens is 1. The summed E-state index contributed by atoms with van der Waals surface area (Å²) in [5.74, 6) is 0. The predicted molar refractivity (Wildman–Crippen MR) is 64.4 cm³/mol. The summed E-state index contributed by atoms with van der Waals surface area (Å²) in [4.78, 5) is 0. The van der Waals surface area contributed by atoms with Crippen LogP contribution in [0.5, 0.6) is 0 Å². The first kappa shape index (κ1) is 12.3. The van der Waals surface area contributed by atoms with Gasteiger partial charge in [0.25, 0.3) is 0 Å². The lowest BCUT2D eigenvalue weighted by Gasteiger charge is -2.08. The molecule has 84 valence electrons. The highest BCUT2D eigenvalue weighted by Gasteiger charge is 2.09. The molecule has 0 bridgehead atoms. The second-order valence-electron chi connectivity index (χ2n) is 3.67. The molecule has 0 fully saturated rings. The molecular formula is C11H18ClN3. The van der Waals surface area contributed by atoms with Gasteiger partial charge >= 0.3 is 0 Å². The average Bonchev–Trinajstić information content (AvgIpc) is 2.43. The molecule has 0 saturated carbocycles. The van der Waals surface area contributed by atoms with Gasteiger partial charge in [-0.2, -0.15) is 5.10 Å². The molecule has 1 rings (SSSR count). The highest BCUT2D eigenvalue weighted by molar-refractivity contribution is 6.31. The number of rotatable bonds is 5. The van der Waals surface area contributed by atoms with E-state index in [0.717, 1.165) is 41.6 Å². The average molecular weight is 228 g/mol. The van der Waals surface area contributed by atoms with E-state index in [1.165, 1.54) is 0 Å². The van der Waals surface area contributed by atoms with Crippen molar-refractivity contribution in [2.75, 3.05) is 13.1 Å². The Hall–Kier alpha value is -0.800. The fourth-order valence-electron chi connectivity index (χ4n) is 1.40. The maximum atomic E-state index is 6.06. The molecule has 1 aromatic heterocycles. The third kappa shape index (κ3) is 3.08. The maximum Gasteiger partial charge on any atom is 0.0844 e. The van der Waals surface area contributed by atoms with Crippen LogP contribution in [-0.4, -0.2) is 22.9 Å². The molecule has 3 nitrogen and oxygen atoms in total. The molecule has 0 atom stereocenters. The van der Waals surface area contributed by atoms with Crippen molar-refractivity contribution in [3.05, 3.63) is 28.6 Å². The Morgan fingerprint density at radius 3 is 2.67 bits per heavy atom. The highest BCUT2D eigenvalue weighted by Crippen LogP contribution is 2.19. The van der Waals surface area contributed by atoms with Crippen LogP contribution in [0.1, 0.15) is 18.3 Å². The zero-order valence-corrected chi connectivity index (χ0v) is 10.4. The predicted octanol–water partition coefficient (Wildman–Crippen LogP) is 2.32. The van der Waals surface area contributed by atoms with Gasteiger partial charge in [0.15, 0.2) is 0 Å². The van der Waals surface area contributed by atoms with E-state index in [1.807, 2.05) is 18.5 Å². The second-order valence-corrected chi connectivity index (χ2v) is 4.05. The number of aromatic nitrogens is 2. The normalized spacial score (nSPS) is 10.7. The van der Waals surface area contributed by atoms with Crippen LogP contribution in [0.25, 0.3) is 0 Å². The van der Waals surface area contributed by atoms with Crippen LogP contribution in [0, 0.1) is 13.8 Å². The van der Waals surface area contributed by atoms with Crippen LogP contribution in [0.4, 0.5) is 0 Å². The van der Waals surface area contributed by atoms with Gasteiger partial charge in [0.2, 0.25) is 0 Å². The van der Waals surface area contributed by atoms with E-state index >= 15 is 0 Å². The molecule has 4 heteroatoms. The van der Waals surface area contributed by atoms with Gasteiger partial charge in [-0.05, 0) is 26.0 Å². The summed E-state index contributed by atoms with van der Waals surface area (Å²) in [5.41, 5.74) is 3.00. The summed E-state index contributed by atoms with van der Waals surface area (Å²) in [6, 6.07) is 0. The molecular weight excluding hydrogens is 210 g/mol. The van der Waals surface area contributed by atoms with E-state index in [9.17, 15) is 0 Å². The third-order valence-corrected chi connectivity index (χ3v) is 2.84. The number of nitrogens with zero attached hydrogens (tertiary/aromatic N) is 2. The molecule has 0 aliphatic heterocycles. The van der Waals surface area contributed by atoms with Crippen LogP contribution in [-0.2, 0) is 6.54 Å².